The van der Waals surface area contributed by atoms with Crippen molar-refractivity contribution in [1.29, 1.82) is 0 Å². The lowest BCUT2D eigenvalue weighted by atomic mass is 10.1. The molecule has 2 N–H and O–H groups in total. The number of hydrogen-bond donors (Lipinski definition) is 2. The highest BCUT2D eigenvalue weighted by atomic mass is 79.9. The first kappa shape index (κ1) is 11.4. The Kier molecular flexibility index (Phi) is 3.74. The van der Waals surface area contributed by atoms with Crippen molar-refractivity contribution >= 4 is 15.9 Å². The summed E-state index contributed by atoms with van der Waals surface area (Å²) in [7, 11) is 0. The summed E-state index contributed by atoms with van der Waals surface area (Å²) < 4.78 is 1.16. The molecule has 0 spiro atoms. The summed E-state index contributed by atoms with van der Waals surface area (Å²) in [4.78, 5) is 0. The van der Waals surface area contributed by atoms with Crippen LogP contribution >= 0.6 is 15.9 Å². The van der Waals surface area contributed by atoms with Crippen molar-refractivity contribution in [1.82, 2.24) is 15.5 Å². The van der Waals surface area contributed by atoms with Gasteiger partial charge in [-0.3, -0.25) is 5.10 Å². The number of nitrogens with zero attached hydrogens (tertiary/aromatic N) is 1. The molecule has 0 amide bonds. The van der Waals surface area contributed by atoms with Gasteiger partial charge in [0, 0.05) is 29.3 Å². The van der Waals surface area contributed by atoms with E-state index in [0.717, 1.165) is 17.6 Å². The van der Waals surface area contributed by atoms with Crippen molar-refractivity contribution in [2.24, 2.45) is 0 Å². The fraction of sp³-hybridized carbons (Fsp3) is 0.250. The van der Waals surface area contributed by atoms with Crippen molar-refractivity contribution in [3.05, 3.63) is 51.8 Å². The highest BCUT2D eigenvalue weighted by Gasteiger charge is 1.98. The molecule has 4 heteroatoms. The maximum absolute atomic E-state index is 3.90. The van der Waals surface area contributed by atoms with Crippen LogP contribution in [0.4, 0.5) is 0 Å². The summed E-state index contributed by atoms with van der Waals surface area (Å²) in [6, 6.07) is 6.40. The number of H-pyrrole nitrogens is 1. The number of rotatable bonds is 4. The first-order chi connectivity index (χ1) is 7.75. The van der Waals surface area contributed by atoms with Gasteiger partial charge in [-0.05, 0) is 24.1 Å². The van der Waals surface area contributed by atoms with E-state index in [2.05, 4.69) is 56.6 Å². The van der Waals surface area contributed by atoms with E-state index in [-0.39, 0.29) is 0 Å². The van der Waals surface area contributed by atoms with E-state index in [1.165, 1.54) is 16.7 Å². The van der Waals surface area contributed by atoms with Gasteiger partial charge in [0.1, 0.15) is 0 Å². The van der Waals surface area contributed by atoms with Crippen molar-refractivity contribution in [2.75, 3.05) is 0 Å². The van der Waals surface area contributed by atoms with Crippen LogP contribution in [-0.2, 0) is 13.1 Å². The van der Waals surface area contributed by atoms with Gasteiger partial charge in [0.25, 0.3) is 0 Å². The second kappa shape index (κ2) is 5.27. The molecule has 0 unspecified atom stereocenters. The number of aryl methyl sites for hydroxylation is 1. The molecule has 3 nitrogen and oxygen atoms in total. The lowest BCUT2D eigenvalue weighted by Crippen LogP contribution is -2.12. The fourth-order valence-corrected chi connectivity index (χ4v) is 1.79. The van der Waals surface area contributed by atoms with Crippen LogP contribution in [-0.4, -0.2) is 10.2 Å². The van der Waals surface area contributed by atoms with Crippen LogP contribution in [0.1, 0.15) is 16.7 Å². The first-order valence-corrected chi connectivity index (χ1v) is 5.98. The second-order valence-corrected chi connectivity index (χ2v) is 4.65. The summed E-state index contributed by atoms with van der Waals surface area (Å²) in [6.45, 7) is 3.81. The van der Waals surface area contributed by atoms with Crippen molar-refractivity contribution in [2.45, 2.75) is 20.0 Å². The SMILES string of the molecule is Cc1cc(CNCc2cn[nH]c2)ccc1Br. The van der Waals surface area contributed by atoms with Crippen LogP contribution in [0.25, 0.3) is 0 Å². The van der Waals surface area contributed by atoms with Gasteiger partial charge in [-0.1, -0.05) is 28.1 Å². The van der Waals surface area contributed by atoms with Crippen LogP contribution in [0.5, 0.6) is 0 Å². The van der Waals surface area contributed by atoms with E-state index in [0.29, 0.717) is 0 Å². The van der Waals surface area contributed by atoms with Gasteiger partial charge in [-0.25, -0.2) is 0 Å². The molecule has 0 aliphatic rings. The van der Waals surface area contributed by atoms with Crippen molar-refractivity contribution < 1.29 is 0 Å². The largest absolute Gasteiger partial charge is 0.309 e. The third-order valence-electron chi connectivity index (χ3n) is 2.44. The molecule has 0 bridgehead atoms. The van der Waals surface area contributed by atoms with E-state index >= 15 is 0 Å². The van der Waals surface area contributed by atoms with Crippen LogP contribution in [0, 0.1) is 6.92 Å². The van der Waals surface area contributed by atoms with Crippen LogP contribution < -0.4 is 5.32 Å². The van der Waals surface area contributed by atoms with E-state index < -0.39 is 0 Å². The molecule has 1 heterocycles. The fourth-order valence-electron chi connectivity index (χ4n) is 1.54. The smallest absolute Gasteiger partial charge is 0.0532 e. The van der Waals surface area contributed by atoms with E-state index in [4.69, 9.17) is 0 Å². The Morgan fingerprint density at radius 2 is 2.12 bits per heavy atom. The predicted octanol–water partition coefficient (Wildman–Crippen LogP) is 2.77. The standard InChI is InChI=1S/C12H14BrN3/c1-9-4-10(2-3-12(9)13)5-14-6-11-7-15-16-8-11/h2-4,7-8,14H,5-6H2,1H3,(H,15,16). The molecule has 0 radical (unpaired) electrons. The van der Waals surface area contributed by atoms with Crippen molar-refractivity contribution in [3.63, 3.8) is 0 Å². The molecule has 84 valence electrons. The number of aromatic nitrogens is 2. The molecule has 1 aromatic carbocycles. The van der Waals surface area contributed by atoms with Gasteiger partial charge in [-0.2, -0.15) is 5.10 Å². The van der Waals surface area contributed by atoms with Gasteiger partial charge in [0.15, 0.2) is 0 Å². The highest BCUT2D eigenvalue weighted by molar-refractivity contribution is 9.10. The number of benzene rings is 1. The third-order valence-corrected chi connectivity index (χ3v) is 3.33. The van der Waals surface area contributed by atoms with Gasteiger partial charge in [0.2, 0.25) is 0 Å². The number of halogens is 1. The minimum atomic E-state index is 0.839. The molecule has 0 aliphatic heterocycles. The van der Waals surface area contributed by atoms with Crippen LogP contribution in [0.2, 0.25) is 0 Å². The van der Waals surface area contributed by atoms with Crippen LogP contribution in [0.15, 0.2) is 35.1 Å². The molecule has 16 heavy (non-hydrogen) atoms. The molecular weight excluding hydrogens is 266 g/mol. The summed E-state index contributed by atoms with van der Waals surface area (Å²) >= 11 is 3.50. The topological polar surface area (TPSA) is 40.7 Å². The third kappa shape index (κ3) is 2.93. The lowest BCUT2D eigenvalue weighted by molar-refractivity contribution is 0.693. The number of hydrogen-bond acceptors (Lipinski definition) is 2. The van der Waals surface area contributed by atoms with Crippen molar-refractivity contribution in [3.8, 4) is 0 Å². The lowest BCUT2D eigenvalue weighted by Gasteiger charge is -2.05. The Bertz CT molecular complexity index is 451. The van der Waals surface area contributed by atoms with E-state index in [9.17, 15) is 0 Å². The average molecular weight is 280 g/mol. The zero-order chi connectivity index (χ0) is 11.4. The van der Waals surface area contributed by atoms with E-state index in [1.807, 2.05) is 12.4 Å². The number of aromatic amines is 1. The maximum atomic E-state index is 3.90. The Morgan fingerprint density at radius 3 is 2.81 bits per heavy atom. The predicted molar refractivity (Wildman–Crippen MR) is 68.0 cm³/mol. The maximum Gasteiger partial charge on any atom is 0.0532 e. The Morgan fingerprint density at radius 1 is 1.31 bits per heavy atom. The minimum absolute atomic E-state index is 0.839. The van der Waals surface area contributed by atoms with Gasteiger partial charge in [-0.15, -0.1) is 0 Å². The Balaban J connectivity index is 1.87. The monoisotopic (exact) mass is 279 g/mol. The summed E-state index contributed by atoms with van der Waals surface area (Å²) in [5, 5.41) is 10.1. The Labute approximate surface area is 103 Å². The molecule has 2 rings (SSSR count). The second-order valence-electron chi connectivity index (χ2n) is 3.79. The Hall–Kier alpha value is -1.13. The van der Waals surface area contributed by atoms with Gasteiger partial charge < -0.3 is 5.32 Å². The molecule has 0 saturated carbocycles. The molecule has 0 atom stereocenters. The zero-order valence-corrected chi connectivity index (χ0v) is 10.7. The highest BCUT2D eigenvalue weighted by Crippen LogP contribution is 2.16. The quantitative estimate of drug-likeness (QED) is 0.904. The zero-order valence-electron chi connectivity index (χ0n) is 9.13. The summed E-state index contributed by atoms with van der Waals surface area (Å²) in [6.07, 6.45) is 3.74. The average Bonchev–Trinajstić information content (AvgIpc) is 2.76. The molecule has 0 fully saturated rings. The first-order valence-electron chi connectivity index (χ1n) is 5.19. The van der Waals surface area contributed by atoms with Gasteiger partial charge >= 0.3 is 0 Å². The van der Waals surface area contributed by atoms with Gasteiger partial charge in [0.05, 0.1) is 6.20 Å². The summed E-state index contributed by atoms with van der Waals surface area (Å²) in [5.74, 6) is 0. The molecule has 0 aliphatic carbocycles. The van der Waals surface area contributed by atoms with Crippen LogP contribution in [0.3, 0.4) is 0 Å². The van der Waals surface area contributed by atoms with E-state index in [1.54, 1.807) is 0 Å². The minimum Gasteiger partial charge on any atom is -0.309 e. The molecule has 2 aromatic rings. The molecule has 1 aromatic heterocycles. The number of nitrogens with one attached hydrogen (secondary N) is 2. The summed E-state index contributed by atoms with van der Waals surface area (Å²) in [5.41, 5.74) is 3.74. The molecule has 0 saturated heterocycles. The normalized spacial score (nSPS) is 10.6. The molecular formula is C12H14BrN3.